The van der Waals surface area contributed by atoms with Crippen LogP contribution in [0.3, 0.4) is 0 Å². The minimum atomic E-state index is -0.579. The summed E-state index contributed by atoms with van der Waals surface area (Å²) < 4.78 is 17.1. The molecule has 0 unspecified atom stereocenters. The van der Waals surface area contributed by atoms with Crippen molar-refractivity contribution in [3.63, 3.8) is 0 Å². The molecule has 46 heavy (non-hydrogen) atoms. The van der Waals surface area contributed by atoms with Gasteiger partial charge in [-0.2, -0.15) is 4.98 Å². The van der Waals surface area contributed by atoms with Crippen LogP contribution in [0, 0.1) is 13.8 Å². The van der Waals surface area contributed by atoms with E-state index in [0.717, 1.165) is 56.0 Å². The van der Waals surface area contributed by atoms with Gasteiger partial charge in [-0.25, -0.2) is 9.78 Å². The van der Waals surface area contributed by atoms with Crippen LogP contribution in [0.2, 0.25) is 0 Å². The fourth-order valence-electron chi connectivity index (χ4n) is 5.46. The van der Waals surface area contributed by atoms with Crippen LogP contribution in [0.15, 0.2) is 72.9 Å². The standard InChI is InChI=1S/C36H44N6O4/c1-26-9-7-12-30(27(26)2)31-11-6-5-10-28(31)16-24-46-36(43)40-34-15-17-37-35(39-34)38-29-13-14-32(33(25-29)44-4)45-23-8-18-42-21-19-41(3)20-22-42/h5-7,9-15,17,25H,8,16,18-24H2,1-4H3,(H2,37,38,39,40,43). The SMILES string of the molecule is COc1cc(Nc2nccc(NC(=O)OCCc3ccccc3-c3cccc(C)c3C)n2)ccc1OCCCN1CCN(C)CC1. The first-order valence-electron chi connectivity index (χ1n) is 15.8. The number of nitrogens with one attached hydrogen (secondary N) is 2. The molecule has 1 fully saturated rings. The van der Waals surface area contributed by atoms with Crippen LogP contribution in [0.4, 0.5) is 22.2 Å². The summed E-state index contributed by atoms with van der Waals surface area (Å²) >= 11 is 0. The molecule has 2 N–H and O–H groups in total. The molecule has 0 saturated carbocycles. The van der Waals surface area contributed by atoms with Gasteiger partial charge in [0.15, 0.2) is 11.5 Å². The predicted octanol–water partition coefficient (Wildman–Crippen LogP) is 6.32. The van der Waals surface area contributed by atoms with E-state index in [-0.39, 0.29) is 6.61 Å². The first-order chi connectivity index (χ1) is 22.4. The summed E-state index contributed by atoms with van der Waals surface area (Å²) in [5.74, 6) is 1.94. The quantitative estimate of drug-likeness (QED) is 0.166. The summed E-state index contributed by atoms with van der Waals surface area (Å²) in [7, 11) is 3.78. The lowest BCUT2D eigenvalue weighted by Gasteiger charge is -2.32. The molecule has 10 nitrogen and oxygen atoms in total. The lowest BCUT2D eigenvalue weighted by atomic mass is 9.92. The number of benzene rings is 3. The maximum Gasteiger partial charge on any atom is 0.412 e. The van der Waals surface area contributed by atoms with Gasteiger partial charge in [0, 0.05) is 57.1 Å². The van der Waals surface area contributed by atoms with E-state index in [1.165, 1.54) is 16.7 Å². The minimum absolute atomic E-state index is 0.230. The zero-order valence-electron chi connectivity index (χ0n) is 27.2. The van der Waals surface area contributed by atoms with Crippen molar-refractivity contribution in [1.29, 1.82) is 0 Å². The number of ether oxygens (including phenoxy) is 3. The van der Waals surface area contributed by atoms with Crippen molar-refractivity contribution in [3.05, 3.63) is 89.6 Å². The van der Waals surface area contributed by atoms with Crippen LogP contribution in [-0.2, 0) is 11.2 Å². The number of carbonyl (C=O) groups is 1. The molecule has 4 aromatic rings. The normalized spacial score (nSPS) is 13.7. The van der Waals surface area contributed by atoms with Crippen molar-refractivity contribution in [3.8, 4) is 22.6 Å². The number of rotatable bonds is 13. The first kappa shape index (κ1) is 32.7. The van der Waals surface area contributed by atoms with Crippen LogP contribution in [-0.4, -0.2) is 86.0 Å². The monoisotopic (exact) mass is 624 g/mol. The smallest absolute Gasteiger partial charge is 0.412 e. The molecule has 3 aromatic carbocycles. The van der Waals surface area contributed by atoms with Gasteiger partial charge in [0.25, 0.3) is 0 Å². The van der Waals surface area contributed by atoms with Gasteiger partial charge in [0.2, 0.25) is 5.95 Å². The number of amides is 1. The Hall–Kier alpha value is -4.67. The average Bonchev–Trinajstić information content (AvgIpc) is 3.06. The molecule has 1 aliphatic rings. The summed E-state index contributed by atoms with van der Waals surface area (Å²) in [6, 6.07) is 21.7. The van der Waals surface area contributed by atoms with E-state index in [1.807, 2.05) is 30.3 Å². The third kappa shape index (κ3) is 8.95. The molecule has 242 valence electrons. The molecule has 5 rings (SSSR count). The number of piperazine rings is 1. The highest BCUT2D eigenvalue weighted by Gasteiger charge is 2.14. The Morgan fingerprint density at radius 3 is 2.54 bits per heavy atom. The van der Waals surface area contributed by atoms with Gasteiger partial charge in [0.05, 0.1) is 20.3 Å². The van der Waals surface area contributed by atoms with Crippen molar-refractivity contribution < 1.29 is 19.0 Å². The summed E-state index contributed by atoms with van der Waals surface area (Å²) in [5, 5.41) is 5.87. The lowest BCUT2D eigenvalue weighted by Crippen LogP contribution is -2.44. The minimum Gasteiger partial charge on any atom is -0.493 e. The maximum absolute atomic E-state index is 12.6. The van der Waals surface area contributed by atoms with Gasteiger partial charge >= 0.3 is 6.09 Å². The van der Waals surface area contributed by atoms with E-state index < -0.39 is 6.09 Å². The van der Waals surface area contributed by atoms with Crippen molar-refractivity contribution >= 4 is 23.5 Å². The second kappa shape index (κ2) is 16.1. The van der Waals surface area contributed by atoms with Crippen LogP contribution >= 0.6 is 0 Å². The molecular weight excluding hydrogens is 580 g/mol. The fourth-order valence-corrected chi connectivity index (χ4v) is 5.46. The number of carbonyl (C=O) groups excluding carboxylic acids is 1. The summed E-state index contributed by atoms with van der Waals surface area (Å²) in [6.45, 7) is 10.5. The second-order valence-electron chi connectivity index (χ2n) is 11.5. The molecule has 1 aliphatic heterocycles. The summed E-state index contributed by atoms with van der Waals surface area (Å²) in [6.07, 6.45) is 2.53. The number of hydrogen-bond donors (Lipinski definition) is 2. The average molecular weight is 625 g/mol. The molecule has 1 aromatic heterocycles. The van der Waals surface area contributed by atoms with Gasteiger partial charge < -0.3 is 29.3 Å². The number of anilines is 3. The van der Waals surface area contributed by atoms with Gasteiger partial charge in [-0.05, 0) is 73.3 Å². The van der Waals surface area contributed by atoms with Crippen molar-refractivity contribution in [2.45, 2.75) is 26.7 Å². The van der Waals surface area contributed by atoms with Gasteiger partial charge in [-0.1, -0.05) is 42.5 Å². The van der Waals surface area contributed by atoms with Crippen LogP contribution < -0.4 is 20.1 Å². The molecule has 1 amide bonds. The van der Waals surface area contributed by atoms with E-state index >= 15 is 0 Å². The molecular formula is C36H44N6O4. The molecule has 1 saturated heterocycles. The zero-order valence-corrected chi connectivity index (χ0v) is 27.2. The van der Waals surface area contributed by atoms with Gasteiger partial charge in [0.1, 0.15) is 5.82 Å². The Balaban J connectivity index is 1.10. The highest BCUT2D eigenvalue weighted by atomic mass is 16.5. The van der Waals surface area contributed by atoms with Crippen molar-refractivity contribution in [2.75, 3.05) is 70.7 Å². The van der Waals surface area contributed by atoms with E-state index in [2.05, 4.69) is 81.6 Å². The lowest BCUT2D eigenvalue weighted by molar-refractivity contribution is 0.145. The number of aryl methyl sites for hydroxylation is 1. The number of hydrogen-bond acceptors (Lipinski definition) is 9. The highest BCUT2D eigenvalue weighted by Crippen LogP contribution is 2.32. The van der Waals surface area contributed by atoms with Crippen LogP contribution in [0.1, 0.15) is 23.1 Å². The third-order valence-corrected chi connectivity index (χ3v) is 8.29. The fraction of sp³-hybridized carbons (Fsp3) is 0.361. The topological polar surface area (TPSA) is 101 Å². The van der Waals surface area contributed by atoms with E-state index in [4.69, 9.17) is 14.2 Å². The number of aromatic nitrogens is 2. The number of likely N-dealkylation sites (N-methyl/N-ethyl adjacent to an activating group) is 1. The maximum atomic E-state index is 12.6. The van der Waals surface area contributed by atoms with Gasteiger partial charge in [-0.15, -0.1) is 0 Å². The zero-order chi connectivity index (χ0) is 32.3. The molecule has 0 bridgehead atoms. The van der Waals surface area contributed by atoms with Crippen LogP contribution in [0.25, 0.3) is 11.1 Å². The molecule has 10 heteroatoms. The van der Waals surface area contributed by atoms with E-state index in [0.29, 0.717) is 36.3 Å². The Kier molecular flexibility index (Phi) is 11.4. The largest absolute Gasteiger partial charge is 0.493 e. The first-order valence-corrected chi connectivity index (χ1v) is 15.8. The molecule has 2 heterocycles. The Morgan fingerprint density at radius 1 is 0.913 bits per heavy atom. The van der Waals surface area contributed by atoms with E-state index in [1.54, 1.807) is 19.4 Å². The molecule has 0 aliphatic carbocycles. The Labute approximate surface area is 271 Å². The molecule has 0 spiro atoms. The molecule has 0 atom stereocenters. The highest BCUT2D eigenvalue weighted by molar-refractivity contribution is 5.83. The summed E-state index contributed by atoms with van der Waals surface area (Å²) in [4.78, 5) is 26.2. The van der Waals surface area contributed by atoms with Crippen molar-refractivity contribution in [1.82, 2.24) is 19.8 Å². The van der Waals surface area contributed by atoms with Gasteiger partial charge in [-0.3, -0.25) is 5.32 Å². The molecule has 0 radical (unpaired) electrons. The Bertz CT molecular complexity index is 1610. The predicted molar refractivity (Wildman–Crippen MR) is 182 cm³/mol. The summed E-state index contributed by atoms with van der Waals surface area (Å²) in [5.41, 5.74) is 6.68. The number of methoxy groups -OCH3 is 1. The Morgan fingerprint density at radius 2 is 1.72 bits per heavy atom. The number of nitrogens with zero attached hydrogens (tertiary/aromatic N) is 4. The van der Waals surface area contributed by atoms with Crippen molar-refractivity contribution in [2.24, 2.45) is 0 Å². The van der Waals surface area contributed by atoms with Crippen LogP contribution in [0.5, 0.6) is 11.5 Å². The third-order valence-electron chi connectivity index (χ3n) is 8.29. The second-order valence-corrected chi connectivity index (χ2v) is 11.5. The van der Waals surface area contributed by atoms with E-state index in [9.17, 15) is 4.79 Å².